The van der Waals surface area contributed by atoms with Crippen LogP contribution in [0, 0.1) is 10.1 Å². The molecular weight excluding hydrogens is 359 g/mol. The van der Waals surface area contributed by atoms with Gasteiger partial charge in [0.25, 0.3) is 5.69 Å². The van der Waals surface area contributed by atoms with Gasteiger partial charge in [0.05, 0.1) is 20.8 Å². The second-order valence-corrected chi connectivity index (χ2v) is 6.30. The van der Waals surface area contributed by atoms with Crippen LogP contribution in [-0.4, -0.2) is 21.1 Å². The van der Waals surface area contributed by atoms with Gasteiger partial charge in [-0.25, -0.2) is 4.98 Å². The van der Waals surface area contributed by atoms with E-state index in [9.17, 15) is 28.1 Å². The van der Waals surface area contributed by atoms with Gasteiger partial charge < -0.3 is 5.32 Å². The number of rotatable bonds is 5. The predicted octanol–water partition coefficient (Wildman–Crippen LogP) is 4.13. The third-order valence-corrected chi connectivity index (χ3v) is 4.13. The van der Waals surface area contributed by atoms with Crippen molar-refractivity contribution in [3.8, 4) is 0 Å². The lowest BCUT2D eigenvalue weighted by atomic mass is 10.3. The molecular formula is C15H12F3N3O3S. The van der Waals surface area contributed by atoms with E-state index in [1.807, 2.05) is 0 Å². The Morgan fingerprint density at radius 2 is 1.88 bits per heavy atom. The average molecular weight is 371 g/mol. The van der Waals surface area contributed by atoms with E-state index in [0.717, 1.165) is 17.8 Å². The number of amides is 1. The first-order valence-corrected chi connectivity index (χ1v) is 7.80. The molecule has 1 heterocycles. The molecule has 10 heteroatoms. The Hall–Kier alpha value is -2.62. The molecule has 0 saturated carbocycles. The Morgan fingerprint density at radius 3 is 2.36 bits per heavy atom. The molecule has 1 N–H and O–H groups in total. The average Bonchev–Trinajstić information content (AvgIpc) is 2.55. The van der Waals surface area contributed by atoms with Crippen LogP contribution in [0.5, 0.6) is 0 Å². The van der Waals surface area contributed by atoms with Crippen molar-refractivity contribution in [2.24, 2.45) is 0 Å². The highest BCUT2D eigenvalue weighted by atomic mass is 32.2. The molecule has 1 aromatic carbocycles. The molecule has 0 radical (unpaired) electrons. The largest absolute Gasteiger partial charge is 0.417 e. The maximum absolute atomic E-state index is 12.5. The van der Waals surface area contributed by atoms with E-state index >= 15 is 0 Å². The summed E-state index contributed by atoms with van der Waals surface area (Å²) in [4.78, 5) is 25.8. The Labute approximate surface area is 144 Å². The molecule has 25 heavy (non-hydrogen) atoms. The zero-order valence-corrected chi connectivity index (χ0v) is 13.6. The van der Waals surface area contributed by atoms with Gasteiger partial charge in [0.1, 0.15) is 0 Å². The highest BCUT2D eigenvalue weighted by Crippen LogP contribution is 2.30. The third-order valence-electron chi connectivity index (χ3n) is 3.08. The number of nitrogens with one attached hydrogen (secondary N) is 1. The van der Waals surface area contributed by atoms with Gasteiger partial charge in [-0.2, -0.15) is 13.2 Å². The van der Waals surface area contributed by atoms with Gasteiger partial charge in [0, 0.05) is 24.0 Å². The van der Waals surface area contributed by atoms with Crippen LogP contribution in [0.15, 0.2) is 47.6 Å². The number of halogens is 3. The van der Waals surface area contributed by atoms with Crippen molar-refractivity contribution in [1.29, 1.82) is 0 Å². The van der Waals surface area contributed by atoms with Crippen molar-refractivity contribution < 1.29 is 22.9 Å². The van der Waals surface area contributed by atoms with E-state index in [4.69, 9.17) is 0 Å². The number of carbonyl (C=O) groups excluding carboxylic acids is 1. The topological polar surface area (TPSA) is 85.1 Å². The zero-order valence-electron chi connectivity index (χ0n) is 12.8. The molecule has 0 fully saturated rings. The van der Waals surface area contributed by atoms with Crippen LogP contribution in [0.3, 0.4) is 0 Å². The number of aromatic nitrogens is 1. The molecule has 0 saturated heterocycles. The molecule has 0 aliphatic carbocycles. The zero-order chi connectivity index (χ0) is 18.6. The molecule has 1 amide bonds. The molecule has 2 aromatic rings. The number of benzene rings is 1. The second-order valence-electron chi connectivity index (χ2n) is 4.94. The smallest absolute Gasteiger partial charge is 0.325 e. The summed E-state index contributed by atoms with van der Waals surface area (Å²) < 4.78 is 37.4. The first-order valence-electron chi connectivity index (χ1n) is 6.92. The Morgan fingerprint density at radius 1 is 1.24 bits per heavy atom. The first kappa shape index (κ1) is 18.7. The van der Waals surface area contributed by atoms with Crippen molar-refractivity contribution in [3.63, 3.8) is 0 Å². The SMILES string of the molecule is CC(Sc1ccc(C(F)(F)F)cn1)C(=O)Nc1ccc([N+](=O)[O-])cc1. The van der Waals surface area contributed by atoms with Gasteiger partial charge in [-0.15, -0.1) is 0 Å². The van der Waals surface area contributed by atoms with Gasteiger partial charge in [0.2, 0.25) is 5.91 Å². The lowest BCUT2D eigenvalue weighted by molar-refractivity contribution is -0.384. The summed E-state index contributed by atoms with van der Waals surface area (Å²) in [6.07, 6.45) is -3.75. The van der Waals surface area contributed by atoms with Crippen molar-refractivity contribution in [2.45, 2.75) is 23.4 Å². The lowest BCUT2D eigenvalue weighted by Crippen LogP contribution is -2.22. The quantitative estimate of drug-likeness (QED) is 0.485. The minimum absolute atomic E-state index is 0.102. The van der Waals surface area contributed by atoms with Crippen LogP contribution in [0.2, 0.25) is 0 Å². The Kier molecular flexibility index (Phi) is 5.62. The fourth-order valence-electron chi connectivity index (χ4n) is 1.76. The van der Waals surface area contributed by atoms with Crippen molar-refractivity contribution in [3.05, 3.63) is 58.3 Å². The minimum atomic E-state index is -4.46. The van der Waals surface area contributed by atoms with E-state index in [0.29, 0.717) is 11.9 Å². The molecule has 0 aliphatic heterocycles. The number of carbonyl (C=O) groups is 1. The van der Waals surface area contributed by atoms with E-state index in [1.54, 1.807) is 6.92 Å². The number of hydrogen-bond acceptors (Lipinski definition) is 5. The number of non-ortho nitro benzene ring substituents is 1. The number of pyridine rings is 1. The van der Waals surface area contributed by atoms with Crippen LogP contribution >= 0.6 is 11.8 Å². The number of nitro benzene ring substituents is 1. The number of nitrogens with zero attached hydrogens (tertiary/aromatic N) is 2. The van der Waals surface area contributed by atoms with Gasteiger partial charge >= 0.3 is 6.18 Å². The molecule has 6 nitrogen and oxygen atoms in total. The molecule has 0 bridgehead atoms. The monoisotopic (exact) mass is 371 g/mol. The highest BCUT2D eigenvalue weighted by molar-refractivity contribution is 8.00. The maximum atomic E-state index is 12.5. The van der Waals surface area contributed by atoms with E-state index in [-0.39, 0.29) is 10.7 Å². The summed E-state index contributed by atoms with van der Waals surface area (Å²) in [5, 5.41) is 12.8. The van der Waals surface area contributed by atoms with Gasteiger partial charge in [-0.1, -0.05) is 11.8 Å². The molecule has 0 aliphatic rings. The van der Waals surface area contributed by atoms with Crippen molar-refractivity contribution >= 4 is 29.0 Å². The third kappa shape index (κ3) is 5.18. The predicted molar refractivity (Wildman–Crippen MR) is 86.3 cm³/mol. The molecule has 132 valence electrons. The lowest BCUT2D eigenvalue weighted by Gasteiger charge is -2.12. The standard InChI is InChI=1S/C15H12F3N3O3S/c1-9(25-13-7-2-10(8-19-13)15(16,17)18)14(22)20-11-3-5-12(6-4-11)21(23)24/h2-9H,1H3,(H,20,22). The second kappa shape index (κ2) is 7.51. The first-order chi connectivity index (χ1) is 11.7. The number of hydrogen-bond donors (Lipinski definition) is 1. The summed E-state index contributed by atoms with van der Waals surface area (Å²) in [6, 6.07) is 7.39. The van der Waals surface area contributed by atoms with E-state index in [1.165, 1.54) is 30.3 Å². The maximum Gasteiger partial charge on any atom is 0.417 e. The van der Waals surface area contributed by atoms with E-state index < -0.39 is 27.8 Å². The minimum Gasteiger partial charge on any atom is -0.325 e. The summed E-state index contributed by atoms with van der Waals surface area (Å²) >= 11 is 1.000. The molecule has 0 spiro atoms. The van der Waals surface area contributed by atoms with Crippen LogP contribution in [0.4, 0.5) is 24.5 Å². The van der Waals surface area contributed by atoms with Crippen LogP contribution < -0.4 is 5.32 Å². The molecule has 1 aromatic heterocycles. The van der Waals surface area contributed by atoms with Crippen molar-refractivity contribution in [2.75, 3.05) is 5.32 Å². The molecule has 2 rings (SSSR count). The molecule has 1 atom stereocenters. The number of alkyl halides is 3. The van der Waals surface area contributed by atoms with Gasteiger partial charge in [-0.3, -0.25) is 14.9 Å². The fourth-order valence-corrected chi connectivity index (χ4v) is 2.55. The van der Waals surface area contributed by atoms with Crippen LogP contribution in [0.25, 0.3) is 0 Å². The summed E-state index contributed by atoms with van der Waals surface area (Å²) in [5.74, 6) is -0.402. The van der Waals surface area contributed by atoms with Crippen LogP contribution in [0.1, 0.15) is 12.5 Å². The van der Waals surface area contributed by atoms with Gasteiger partial charge in [0.15, 0.2) is 0 Å². The summed E-state index contributed by atoms with van der Waals surface area (Å²) in [6.45, 7) is 1.57. The van der Waals surface area contributed by atoms with Crippen LogP contribution in [-0.2, 0) is 11.0 Å². The summed E-state index contributed by atoms with van der Waals surface area (Å²) in [7, 11) is 0. The number of anilines is 1. The highest BCUT2D eigenvalue weighted by Gasteiger charge is 2.30. The number of thioether (sulfide) groups is 1. The Balaban J connectivity index is 1.96. The van der Waals surface area contributed by atoms with Crippen molar-refractivity contribution in [1.82, 2.24) is 4.98 Å². The summed E-state index contributed by atoms with van der Waals surface area (Å²) in [5.41, 5.74) is -0.586. The van der Waals surface area contributed by atoms with E-state index in [2.05, 4.69) is 10.3 Å². The van der Waals surface area contributed by atoms with Gasteiger partial charge in [-0.05, 0) is 31.2 Å². The normalized spacial score (nSPS) is 12.5. The molecule has 1 unspecified atom stereocenters. The fraction of sp³-hybridized carbons (Fsp3) is 0.200. The Bertz CT molecular complexity index is 764. The number of nitro groups is 1.